The molecule has 2 fully saturated rings. The van der Waals surface area contributed by atoms with Crippen LogP contribution in [0.4, 0.5) is 0 Å². The fourth-order valence-electron chi connectivity index (χ4n) is 3.77. The first-order chi connectivity index (χ1) is 10.5. The molecule has 1 spiro atoms. The Hall–Kier alpha value is -1.14. The molecule has 1 atom stereocenters. The van der Waals surface area contributed by atoms with Crippen LogP contribution in [0.25, 0.3) is 0 Å². The number of methoxy groups -OCH3 is 1. The van der Waals surface area contributed by atoms with Gasteiger partial charge in [0.1, 0.15) is 0 Å². The van der Waals surface area contributed by atoms with Gasteiger partial charge in [0.05, 0.1) is 18.7 Å². The van der Waals surface area contributed by atoms with E-state index in [0.717, 1.165) is 32.2 Å². The summed E-state index contributed by atoms with van der Waals surface area (Å²) in [5, 5.41) is 0. The van der Waals surface area contributed by atoms with Gasteiger partial charge in [-0.3, -0.25) is 9.59 Å². The van der Waals surface area contributed by atoms with E-state index in [0.29, 0.717) is 32.7 Å². The third kappa shape index (κ3) is 3.79. The van der Waals surface area contributed by atoms with Crippen molar-refractivity contribution in [3.05, 3.63) is 0 Å². The van der Waals surface area contributed by atoms with Crippen LogP contribution in [0.1, 0.15) is 32.1 Å². The van der Waals surface area contributed by atoms with Crippen LogP contribution in [0, 0.1) is 0 Å². The van der Waals surface area contributed by atoms with Crippen LogP contribution in [0.2, 0.25) is 0 Å². The number of hydrogen-bond donors (Lipinski definition) is 0. The Morgan fingerprint density at radius 2 is 2.05 bits per heavy atom. The molecule has 0 saturated carbocycles. The van der Waals surface area contributed by atoms with E-state index in [1.165, 1.54) is 0 Å². The average molecular weight is 311 g/mol. The van der Waals surface area contributed by atoms with Gasteiger partial charge in [-0.25, -0.2) is 0 Å². The normalized spacial score (nSPS) is 26.1. The predicted octanol–water partition coefficient (Wildman–Crippen LogP) is 0.568. The van der Waals surface area contributed by atoms with Gasteiger partial charge in [0.25, 0.3) is 0 Å². The van der Waals surface area contributed by atoms with E-state index in [1.807, 2.05) is 28.8 Å². The van der Waals surface area contributed by atoms with Crippen molar-refractivity contribution in [3.63, 3.8) is 0 Å². The highest BCUT2D eigenvalue weighted by atomic mass is 16.5. The molecule has 0 N–H and O–H groups in total. The quantitative estimate of drug-likeness (QED) is 0.745. The van der Waals surface area contributed by atoms with Crippen LogP contribution in [0.15, 0.2) is 0 Å². The van der Waals surface area contributed by atoms with E-state index < -0.39 is 0 Å². The minimum atomic E-state index is -0.173. The van der Waals surface area contributed by atoms with Gasteiger partial charge in [-0.05, 0) is 39.8 Å². The summed E-state index contributed by atoms with van der Waals surface area (Å²) in [7, 11) is 5.48. The predicted molar refractivity (Wildman–Crippen MR) is 84.5 cm³/mol. The zero-order valence-corrected chi connectivity index (χ0v) is 14.1. The largest absolute Gasteiger partial charge is 0.383 e. The van der Waals surface area contributed by atoms with E-state index in [-0.39, 0.29) is 17.4 Å². The van der Waals surface area contributed by atoms with Crippen molar-refractivity contribution in [1.82, 2.24) is 14.7 Å². The summed E-state index contributed by atoms with van der Waals surface area (Å²) in [6.07, 6.45) is 4.51. The highest BCUT2D eigenvalue weighted by Gasteiger charge is 2.45. The molecule has 0 bridgehead atoms. The minimum absolute atomic E-state index is 0.161. The third-order valence-corrected chi connectivity index (χ3v) is 4.78. The summed E-state index contributed by atoms with van der Waals surface area (Å²) in [6.45, 7) is 3.10. The second-order valence-electron chi connectivity index (χ2n) is 6.77. The van der Waals surface area contributed by atoms with Gasteiger partial charge in [0.15, 0.2) is 0 Å². The molecule has 2 amide bonds. The number of likely N-dealkylation sites (tertiary alicyclic amines) is 2. The number of carbonyl (C=O) groups excluding carboxylic acids is 2. The van der Waals surface area contributed by atoms with Crippen molar-refractivity contribution in [2.45, 2.75) is 37.6 Å². The van der Waals surface area contributed by atoms with Crippen molar-refractivity contribution in [2.75, 3.05) is 54.0 Å². The maximum absolute atomic E-state index is 12.4. The molecule has 2 heterocycles. The Bertz CT molecular complexity index is 409. The van der Waals surface area contributed by atoms with E-state index in [1.54, 1.807) is 7.11 Å². The maximum Gasteiger partial charge on any atom is 0.236 e. The van der Waals surface area contributed by atoms with Gasteiger partial charge in [-0.15, -0.1) is 0 Å². The van der Waals surface area contributed by atoms with Crippen molar-refractivity contribution >= 4 is 11.8 Å². The lowest BCUT2D eigenvalue weighted by Crippen LogP contribution is -2.64. The molecular weight excluding hydrogens is 282 g/mol. The van der Waals surface area contributed by atoms with Gasteiger partial charge in [-0.2, -0.15) is 0 Å². The fraction of sp³-hybridized carbons (Fsp3) is 0.875. The number of piperidine rings is 2. The molecule has 0 aliphatic carbocycles. The van der Waals surface area contributed by atoms with Crippen molar-refractivity contribution in [2.24, 2.45) is 0 Å². The molecule has 126 valence electrons. The van der Waals surface area contributed by atoms with Gasteiger partial charge >= 0.3 is 0 Å². The van der Waals surface area contributed by atoms with Crippen LogP contribution in [-0.2, 0) is 14.3 Å². The Labute approximate surface area is 133 Å². The molecular formula is C16H29N3O3. The lowest BCUT2D eigenvalue weighted by molar-refractivity contribution is -0.151. The minimum Gasteiger partial charge on any atom is -0.383 e. The zero-order valence-electron chi connectivity index (χ0n) is 14.1. The summed E-state index contributed by atoms with van der Waals surface area (Å²) in [6, 6.07) is 0. The Morgan fingerprint density at radius 3 is 2.73 bits per heavy atom. The summed E-state index contributed by atoms with van der Waals surface area (Å²) in [5.41, 5.74) is -0.173. The van der Waals surface area contributed by atoms with Gasteiger partial charge in [-0.1, -0.05) is 0 Å². The Balaban J connectivity index is 2.11. The number of amides is 2. The smallest absolute Gasteiger partial charge is 0.236 e. The van der Waals surface area contributed by atoms with Gasteiger partial charge in [0, 0.05) is 33.2 Å². The molecule has 6 nitrogen and oxygen atoms in total. The molecule has 0 aromatic rings. The van der Waals surface area contributed by atoms with Crippen molar-refractivity contribution < 1.29 is 14.3 Å². The molecule has 22 heavy (non-hydrogen) atoms. The second-order valence-corrected chi connectivity index (χ2v) is 6.77. The standard InChI is InChI=1S/C16H29N3O3/c1-17(2)12-15(21)18-9-5-8-16(13-18)7-4-6-14(20)19(16)10-11-22-3/h4-13H2,1-3H3. The van der Waals surface area contributed by atoms with E-state index in [4.69, 9.17) is 4.74 Å². The molecule has 0 radical (unpaired) electrons. The van der Waals surface area contributed by atoms with E-state index >= 15 is 0 Å². The fourth-order valence-corrected chi connectivity index (χ4v) is 3.77. The summed E-state index contributed by atoms with van der Waals surface area (Å²) < 4.78 is 5.17. The first kappa shape index (κ1) is 17.2. The highest BCUT2D eigenvalue weighted by Crippen LogP contribution is 2.36. The molecule has 6 heteroatoms. The Kier molecular flexibility index (Phi) is 5.81. The summed E-state index contributed by atoms with van der Waals surface area (Å²) in [5.74, 6) is 0.374. The molecule has 1 unspecified atom stereocenters. The number of nitrogens with zero attached hydrogens (tertiary/aromatic N) is 3. The summed E-state index contributed by atoms with van der Waals surface area (Å²) in [4.78, 5) is 30.6. The van der Waals surface area contributed by atoms with Crippen molar-refractivity contribution in [1.29, 1.82) is 0 Å². The monoisotopic (exact) mass is 311 g/mol. The first-order valence-corrected chi connectivity index (χ1v) is 8.20. The number of ether oxygens (including phenoxy) is 1. The van der Waals surface area contributed by atoms with Crippen LogP contribution in [0.5, 0.6) is 0 Å². The lowest BCUT2D eigenvalue weighted by atomic mass is 9.79. The molecule has 2 saturated heterocycles. The second kappa shape index (κ2) is 7.42. The lowest BCUT2D eigenvalue weighted by Gasteiger charge is -2.52. The maximum atomic E-state index is 12.4. The summed E-state index contributed by atoms with van der Waals surface area (Å²) >= 11 is 0. The van der Waals surface area contributed by atoms with Crippen LogP contribution in [0.3, 0.4) is 0 Å². The highest BCUT2D eigenvalue weighted by molar-refractivity contribution is 5.80. The van der Waals surface area contributed by atoms with E-state index in [9.17, 15) is 9.59 Å². The SMILES string of the molecule is COCCN1C(=O)CCCC12CCCN(C(=O)CN(C)C)C2. The topological polar surface area (TPSA) is 53.1 Å². The molecule has 0 aromatic carbocycles. The Morgan fingerprint density at radius 1 is 1.32 bits per heavy atom. The molecule has 0 aromatic heterocycles. The van der Waals surface area contributed by atoms with E-state index in [2.05, 4.69) is 0 Å². The molecule has 2 aliphatic rings. The molecule has 2 aliphatic heterocycles. The van der Waals surface area contributed by atoms with Crippen LogP contribution >= 0.6 is 0 Å². The van der Waals surface area contributed by atoms with Crippen molar-refractivity contribution in [3.8, 4) is 0 Å². The van der Waals surface area contributed by atoms with Gasteiger partial charge in [0.2, 0.25) is 11.8 Å². The van der Waals surface area contributed by atoms with Crippen LogP contribution < -0.4 is 0 Å². The number of carbonyl (C=O) groups is 2. The average Bonchev–Trinajstić information content (AvgIpc) is 2.46. The number of rotatable bonds is 5. The van der Waals surface area contributed by atoms with Crippen LogP contribution in [-0.4, -0.2) is 86.0 Å². The van der Waals surface area contributed by atoms with Gasteiger partial charge < -0.3 is 19.4 Å². The number of hydrogen-bond acceptors (Lipinski definition) is 4. The third-order valence-electron chi connectivity index (χ3n) is 4.78. The first-order valence-electron chi connectivity index (χ1n) is 8.20. The zero-order chi connectivity index (χ0) is 16.2. The molecule has 2 rings (SSSR count). The number of likely N-dealkylation sites (N-methyl/N-ethyl adjacent to an activating group) is 1.